The lowest BCUT2D eigenvalue weighted by molar-refractivity contribution is -0.121. The van der Waals surface area contributed by atoms with Crippen LogP contribution in [0.15, 0.2) is 18.2 Å². The van der Waals surface area contributed by atoms with Gasteiger partial charge in [0.15, 0.2) is 11.5 Å². The average molecular weight is 292 g/mol. The number of carbonyl (C=O) groups excluding carboxylic acids is 2. The van der Waals surface area contributed by atoms with Crippen molar-refractivity contribution in [2.24, 2.45) is 0 Å². The summed E-state index contributed by atoms with van der Waals surface area (Å²) in [5.41, 5.74) is 0.733. The van der Waals surface area contributed by atoms with Gasteiger partial charge in [-0.25, -0.2) is 0 Å². The second kappa shape index (κ2) is 6.97. The molecular formula is C15H20N2O4. The molecule has 1 N–H and O–H groups in total. The molecule has 0 unspecified atom stereocenters. The Morgan fingerprint density at radius 3 is 2.76 bits per heavy atom. The van der Waals surface area contributed by atoms with Crippen LogP contribution in [-0.2, 0) is 9.59 Å². The third-order valence-electron chi connectivity index (χ3n) is 3.18. The Hall–Kier alpha value is -2.24. The molecule has 1 aromatic carbocycles. The molecule has 0 radical (unpaired) electrons. The minimum atomic E-state index is -0.0846. The van der Waals surface area contributed by atoms with E-state index in [0.717, 1.165) is 12.1 Å². The van der Waals surface area contributed by atoms with Crippen LogP contribution in [0.25, 0.3) is 0 Å². The van der Waals surface area contributed by atoms with Crippen LogP contribution in [0.1, 0.15) is 26.7 Å². The Labute approximate surface area is 124 Å². The first-order valence-electron chi connectivity index (χ1n) is 7.06. The van der Waals surface area contributed by atoms with Gasteiger partial charge in [-0.15, -0.1) is 0 Å². The maximum Gasteiger partial charge on any atom is 0.231 e. The molecule has 1 aliphatic rings. The van der Waals surface area contributed by atoms with Crippen LogP contribution in [0.4, 0.5) is 5.69 Å². The molecule has 0 aromatic heterocycles. The van der Waals surface area contributed by atoms with E-state index >= 15 is 0 Å². The quantitative estimate of drug-likeness (QED) is 0.866. The summed E-state index contributed by atoms with van der Waals surface area (Å²) in [6.45, 7) is 4.50. The molecule has 0 spiro atoms. The van der Waals surface area contributed by atoms with E-state index in [9.17, 15) is 9.59 Å². The van der Waals surface area contributed by atoms with Crippen LogP contribution in [0.3, 0.4) is 0 Å². The lowest BCUT2D eigenvalue weighted by Gasteiger charge is -2.21. The molecule has 1 heterocycles. The zero-order valence-corrected chi connectivity index (χ0v) is 12.3. The molecule has 0 aliphatic carbocycles. The monoisotopic (exact) mass is 292 g/mol. The fraction of sp³-hybridized carbons (Fsp3) is 0.467. The summed E-state index contributed by atoms with van der Waals surface area (Å²) in [7, 11) is 0. The largest absolute Gasteiger partial charge is 0.454 e. The predicted octanol–water partition coefficient (Wildman–Crippen LogP) is 1.68. The highest BCUT2D eigenvalue weighted by atomic mass is 16.7. The Kier molecular flexibility index (Phi) is 5.03. The molecule has 2 amide bonds. The maximum atomic E-state index is 11.8. The van der Waals surface area contributed by atoms with E-state index in [0.29, 0.717) is 31.0 Å². The van der Waals surface area contributed by atoms with E-state index in [2.05, 4.69) is 5.32 Å². The second-order valence-electron chi connectivity index (χ2n) is 4.81. The van der Waals surface area contributed by atoms with Gasteiger partial charge in [0.1, 0.15) is 0 Å². The molecule has 2 rings (SSSR count). The lowest BCUT2D eigenvalue weighted by Crippen LogP contribution is -2.37. The van der Waals surface area contributed by atoms with Crippen LogP contribution in [0.5, 0.6) is 11.5 Å². The van der Waals surface area contributed by atoms with Gasteiger partial charge in [0.05, 0.1) is 0 Å². The molecule has 6 heteroatoms. The number of carbonyl (C=O) groups is 2. The fourth-order valence-electron chi connectivity index (χ4n) is 2.14. The number of anilines is 1. The highest BCUT2D eigenvalue weighted by Crippen LogP contribution is 2.35. The van der Waals surface area contributed by atoms with Crippen LogP contribution >= 0.6 is 0 Å². The summed E-state index contributed by atoms with van der Waals surface area (Å²) in [5, 5.41) is 2.80. The maximum absolute atomic E-state index is 11.8. The molecule has 0 bridgehead atoms. The van der Waals surface area contributed by atoms with Crippen molar-refractivity contribution in [2.75, 3.05) is 24.8 Å². The van der Waals surface area contributed by atoms with Gasteiger partial charge < -0.3 is 19.7 Å². The normalized spacial score (nSPS) is 12.1. The van der Waals surface area contributed by atoms with Gasteiger partial charge in [-0.3, -0.25) is 9.59 Å². The van der Waals surface area contributed by atoms with E-state index in [-0.39, 0.29) is 18.6 Å². The first-order valence-corrected chi connectivity index (χ1v) is 7.06. The number of hydrogen-bond acceptors (Lipinski definition) is 4. The van der Waals surface area contributed by atoms with Crippen molar-refractivity contribution in [3.05, 3.63) is 18.2 Å². The second-order valence-corrected chi connectivity index (χ2v) is 4.81. The fourth-order valence-corrected chi connectivity index (χ4v) is 2.14. The Balaban J connectivity index is 1.99. The summed E-state index contributed by atoms with van der Waals surface area (Å²) in [6, 6.07) is 5.36. The molecule has 1 aliphatic heterocycles. The first kappa shape index (κ1) is 15.2. The molecule has 0 atom stereocenters. The number of nitrogens with one attached hydrogen (secondary N) is 1. The SMILES string of the molecule is CCCC(=O)NCCN(C(C)=O)c1ccc2c(c1)OCO2. The number of rotatable bonds is 6. The molecule has 21 heavy (non-hydrogen) atoms. The minimum Gasteiger partial charge on any atom is -0.454 e. The van der Waals surface area contributed by atoms with E-state index in [1.54, 1.807) is 17.0 Å². The van der Waals surface area contributed by atoms with Gasteiger partial charge >= 0.3 is 0 Å². The lowest BCUT2D eigenvalue weighted by atomic mass is 10.2. The van der Waals surface area contributed by atoms with Gasteiger partial charge in [0.2, 0.25) is 18.6 Å². The number of ether oxygens (including phenoxy) is 2. The van der Waals surface area contributed by atoms with E-state index in [1.807, 2.05) is 13.0 Å². The average Bonchev–Trinajstić information content (AvgIpc) is 2.90. The highest BCUT2D eigenvalue weighted by molar-refractivity contribution is 5.92. The smallest absolute Gasteiger partial charge is 0.231 e. The number of fused-ring (bicyclic) bond motifs is 1. The minimum absolute atomic E-state index is 0.00619. The summed E-state index contributed by atoms with van der Waals surface area (Å²) in [5.74, 6) is 1.23. The molecular weight excluding hydrogens is 272 g/mol. The molecule has 114 valence electrons. The first-order chi connectivity index (χ1) is 10.1. The third kappa shape index (κ3) is 3.87. The van der Waals surface area contributed by atoms with E-state index in [1.165, 1.54) is 6.92 Å². The van der Waals surface area contributed by atoms with Crippen molar-refractivity contribution in [3.8, 4) is 11.5 Å². The zero-order chi connectivity index (χ0) is 15.2. The van der Waals surface area contributed by atoms with Gasteiger partial charge in [-0.1, -0.05) is 6.92 Å². The zero-order valence-electron chi connectivity index (χ0n) is 12.3. The van der Waals surface area contributed by atoms with Crippen molar-refractivity contribution in [3.63, 3.8) is 0 Å². The van der Waals surface area contributed by atoms with Gasteiger partial charge in [0.25, 0.3) is 0 Å². The molecule has 0 saturated carbocycles. The number of benzene rings is 1. The molecule has 1 aromatic rings. The van der Waals surface area contributed by atoms with Crippen LogP contribution in [0, 0.1) is 0 Å². The topological polar surface area (TPSA) is 67.9 Å². The van der Waals surface area contributed by atoms with Crippen molar-refractivity contribution in [1.29, 1.82) is 0 Å². The van der Waals surface area contributed by atoms with Crippen molar-refractivity contribution in [2.45, 2.75) is 26.7 Å². The summed E-state index contributed by atoms with van der Waals surface area (Å²) in [4.78, 5) is 24.8. The highest BCUT2D eigenvalue weighted by Gasteiger charge is 2.18. The molecule has 0 fully saturated rings. The molecule has 0 saturated heterocycles. The van der Waals surface area contributed by atoms with Gasteiger partial charge in [-0.2, -0.15) is 0 Å². The standard InChI is InChI=1S/C15H20N2O4/c1-3-4-15(19)16-7-8-17(11(2)18)12-5-6-13-14(9-12)21-10-20-13/h5-6,9H,3-4,7-8,10H2,1-2H3,(H,16,19). The van der Waals surface area contributed by atoms with E-state index in [4.69, 9.17) is 9.47 Å². The van der Waals surface area contributed by atoms with Crippen molar-refractivity contribution < 1.29 is 19.1 Å². The number of nitrogens with zero attached hydrogens (tertiary/aromatic N) is 1. The van der Waals surface area contributed by atoms with Crippen LogP contribution in [0.2, 0.25) is 0 Å². The number of hydrogen-bond donors (Lipinski definition) is 1. The third-order valence-corrected chi connectivity index (χ3v) is 3.18. The van der Waals surface area contributed by atoms with Gasteiger partial charge in [0, 0.05) is 38.2 Å². The summed E-state index contributed by atoms with van der Waals surface area (Å²) >= 11 is 0. The summed E-state index contributed by atoms with van der Waals surface area (Å²) < 4.78 is 10.6. The van der Waals surface area contributed by atoms with Crippen LogP contribution in [-0.4, -0.2) is 31.7 Å². The Morgan fingerprint density at radius 1 is 1.29 bits per heavy atom. The number of amides is 2. The van der Waals surface area contributed by atoms with Crippen LogP contribution < -0.4 is 19.7 Å². The van der Waals surface area contributed by atoms with Crippen molar-refractivity contribution >= 4 is 17.5 Å². The Morgan fingerprint density at radius 2 is 2.05 bits per heavy atom. The van der Waals surface area contributed by atoms with E-state index < -0.39 is 0 Å². The van der Waals surface area contributed by atoms with Crippen molar-refractivity contribution in [1.82, 2.24) is 5.32 Å². The summed E-state index contributed by atoms with van der Waals surface area (Å²) in [6.07, 6.45) is 1.31. The molecule has 6 nitrogen and oxygen atoms in total. The van der Waals surface area contributed by atoms with Gasteiger partial charge in [-0.05, 0) is 18.6 Å². The Bertz CT molecular complexity index is 530. The predicted molar refractivity (Wildman–Crippen MR) is 78.5 cm³/mol.